The van der Waals surface area contributed by atoms with Crippen molar-refractivity contribution in [3.05, 3.63) is 65.0 Å². The van der Waals surface area contributed by atoms with Crippen LogP contribution >= 0.6 is 0 Å². The first-order chi connectivity index (χ1) is 9.88. The smallest absolute Gasteiger partial charge is 0.324 e. The lowest BCUT2D eigenvalue weighted by atomic mass is 9.95. The monoisotopic (exact) mass is 294 g/mol. The van der Waals surface area contributed by atoms with Crippen LogP contribution in [0.5, 0.6) is 0 Å². The normalized spacial score (nSPS) is 13.2. The Kier molecular flexibility index (Phi) is 4.63. The molecule has 0 aliphatic heterocycles. The molecule has 21 heavy (non-hydrogen) atoms. The number of halogens is 3. The van der Waals surface area contributed by atoms with Gasteiger partial charge in [-0.3, -0.25) is 4.98 Å². The highest BCUT2D eigenvalue weighted by Crippen LogP contribution is 2.31. The lowest BCUT2D eigenvalue weighted by Crippen LogP contribution is -2.14. The summed E-state index contributed by atoms with van der Waals surface area (Å²) in [6.45, 7) is 1.66. The van der Waals surface area contributed by atoms with Gasteiger partial charge in [0.2, 0.25) is 0 Å². The average molecular weight is 294 g/mol. The Morgan fingerprint density at radius 2 is 1.95 bits per heavy atom. The molecule has 0 aliphatic carbocycles. The van der Waals surface area contributed by atoms with Crippen LogP contribution in [0, 0.1) is 6.92 Å². The second-order valence-electron chi connectivity index (χ2n) is 5.04. The van der Waals surface area contributed by atoms with Crippen LogP contribution in [0.1, 0.15) is 34.8 Å². The summed E-state index contributed by atoms with van der Waals surface area (Å²) in [6.07, 6.45) is -1.27. The standard InChI is InChI=1S/C16H17F3N2/c1-11-10-12(16(17,18)19)5-7-14(11)15(20)8-6-13-4-2-3-9-21-13/h2-5,7,9-10,15H,6,8,20H2,1H3. The molecule has 1 unspecified atom stereocenters. The fourth-order valence-electron chi connectivity index (χ4n) is 2.27. The van der Waals surface area contributed by atoms with Crippen LogP contribution in [0.15, 0.2) is 42.6 Å². The fraction of sp³-hybridized carbons (Fsp3) is 0.312. The van der Waals surface area contributed by atoms with Crippen molar-refractivity contribution >= 4 is 0 Å². The van der Waals surface area contributed by atoms with Crippen LogP contribution in [0.3, 0.4) is 0 Å². The first kappa shape index (κ1) is 15.5. The van der Waals surface area contributed by atoms with Crippen molar-refractivity contribution in [1.29, 1.82) is 0 Å². The summed E-state index contributed by atoms with van der Waals surface area (Å²) in [5.74, 6) is 0. The van der Waals surface area contributed by atoms with Crippen LogP contribution < -0.4 is 5.73 Å². The van der Waals surface area contributed by atoms with E-state index in [-0.39, 0.29) is 6.04 Å². The van der Waals surface area contributed by atoms with Gasteiger partial charge in [0.15, 0.2) is 0 Å². The fourth-order valence-corrected chi connectivity index (χ4v) is 2.27. The van der Waals surface area contributed by atoms with Gasteiger partial charge in [-0.2, -0.15) is 13.2 Å². The number of benzene rings is 1. The quantitative estimate of drug-likeness (QED) is 0.924. The zero-order valence-corrected chi connectivity index (χ0v) is 11.7. The molecule has 1 aromatic heterocycles. The van der Waals surface area contributed by atoms with E-state index in [0.29, 0.717) is 18.4 Å². The van der Waals surface area contributed by atoms with E-state index in [2.05, 4.69) is 4.98 Å². The number of pyridine rings is 1. The van der Waals surface area contributed by atoms with Gasteiger partial charge < -0.3 is 5.73 Å². The Labute approximate surface area is 121 Å². The third kappa shape index (κ3) is 4.04. The maximum atomic E-state index is 12.6. The van der Waals surface area contributed by atoms with Crippen molar-refractivity contribution in [2.24, 2.45) is 5.73 Å². The molecule has 1 heterocycles. The predicted octanol–water partition coefficient (Wildman–Crippen LogP) is 4.04. The van der Waals surface area contributed by atoms with Gasteiger partial charge in [-0.25, -0.2) is 0 Å². The van der Waals surface area contributed by atoms with Crippen molar-refractivity contribution in [2.75, 3.05) is 0 Å². The van der Waals surface area contributed by atoms with Gasteiger partial charge in [0.05, 0.1) is 5.56 Å². The minimum absolute atomic E-state index is 0.297. The number of hydrogen-bond acceptors (Lipinski definition) is 2. The first-order valence-corrected chi connectivity index (χ1v) is 6.71. The molecule has 0 radical (unpaired) electrons. The van der Waals surface area contributed by atoms with Gasteiger partial charge >= 0.3 is 6.18 Å². The summed E-state index contributed by atoms with van der Waals surface area (Å²) in [4.78, 5) is 4.21. The Morgan fingerprint density at radius 1 is 1.19 bits per heavy atom. The molecule has 0 fully saturated rings. The number of nitrogens with zero attached hydrogens (tertiary/aromatic N) is 1. The number of aryl methyl sites for hydroxylation is 2. The maximum Gasteiger partial charge on any atom is 0.416 e. The Balaban J connectivity index is 2.07. The largest absolute Gasteiger partial charge is 0.416 e. The molecule has 0 bridgehead atoms. The first-order valence-electron chi connectivity index (χ1n) is 6.71. The second kappa shape index (κ2) is 6.26. The van der Waals surface area contributed by atoms with Gasteiger partial charge in [-0.05, 0) is 55.2 Å². The lowest BCUT2D eigenvalue weighted by Gasteiger charge is -2.16. The van der Waals surface area contributed by atoms with E-state index in [1.807, 2.05) is 18.2 Å². The molecule has 5 heteroatoms. The summed E-state index contributed by atoms with van der Waals surface area (Å²) in [5.41, 5.74) is 7.70. The molecular formula is C16H17F3N2. The van der Waals surface area contributed by atoms with Gasteiger partial charge in [0, 0.05) is 17.9 Å². The van der Waals surface area contributed by atoms with Crippen molar-refractivity contribution in [1.82, 2.24) is 4.98 Å². The molecule has 0 saturated heterocycles. The molecule has 2 aromatic rings. The summed E-state index contributed by atoms with van der Waals surface area (Å²) < 4.78 is 37.9. The van der Waals surface area contributed by atoms with Crippen molar-refractivity contribution < 1.29 is 13.2 Å². The van der Waals surface area contributed by atoms with E-state index in [0.717, 1.165) is 23.4 Å². The molecule has 1 atom stereocenters. The van der Waals surface area contributed by atoms with E-state index < -0.39 is 11.7 Å². The summed E-state index contributed by atoms with van der Waals surface area (Å²) >= 11 is 0. The summed E-state index contributed by atoms with van der Waals surface area (Å²) in [5, 5.41) is 0. The van der Waals surface area contributed by atoms with E-state index in [1.54, 1.807) is 13.1 Å². The highest BCUT2D eigenvalue weighted by atomic mass is 19.4. The third-order valence-corrected chi connectivity index (χ3v) is 3.43. The highest BCUT2D eigenvalue weighted by Gasteiger charge is 2.30. The van der Waals surface area contributed by atoms with Crippen LogP contribution in [0.4, 0.5) is 13.2 Å². The van der Waals surface area contributed by atoms with Gasteiger partial charge in [-0.1, -0.05) is 12.1 Å². The Hall–Kier alpha value is -1.88. The number of hydrogen-bond donors (Lipinski definition) is 1. The average Bonchev–Trinajstić information content (AvgIpc) is 2.45. The third-order valence-electron chi connectivity index (χ3n) is 3.43. The van der Waals surface area contributed by atoms with E-state index >= 15 is 0 Å². The number of aromatic nitrogens is 1. The predicted molar refractivity (Wildman–Crippen MR) is 75.7 cm³/mol. The van der Waals surface area contributed by atoms with Crippen LogP contribution in [0.2, 0.25) is 0 Å². The zero-order chi connectivity index (χ0) is 15.5. The molecule has 2 rings (SSSR count). The van der Waals surface area contributed by atoms with Gasteiger partial charge in [0.25, 0.3) is 0 Å². The molecule has 0 saturated carbocycles. The summed E-state index contributed by atoms with van der Waals surface area (Å²) in [7, 11) is 0. The van der Waals surface area contributed by atoms with Gasteiger partial charge in [0.1, 0.15) is 0 Å². The SMILES string of the molecule is Cc1cc(C(F)(F)F)ccc1C(N)CCc1ccccn1. The van der Waals surface area contributed by atoms with E-state index in [9.17, 15) is 13.2 Å². The van der Waals surface area contributed by atoms with Crippen molar-refractivity contribution in [3.63, 3.8) is 0 Å². The minimum Gasteiger partial charge on any atom is -0.324 e. The maximum absolute atomic E-state index is 12.6. The van der Waals surface area contributed by atoms with Crippen molar-refractivity contribution in [3.8, 4) is 0 Å². The summed E-state index contributed by atoms with van der Waals surface area (Å²) in [6, 6.07) is 9.06. The van der Waals surface area contributed by atoms with Crippen LogP contribution in [0.25, 0.3) is 0 Å². The molecule has 2 nitrogen and oxygen atoms in total. The Morgan fingerprint density at radius 3 is 2.52 bits per heavy atom. The number of alkyl halides is 3. The molecule has 2 N–H and O–H groups in total. The highest BCUT2D eigenvalue weighted by molar-refractivity contribution is 5.34. The lowest BCUT2D eigenvalue weighted by molar-refractivity contribution is -0.137. The van der Waals surface area contributed by atoms with E-state index in [1.165, 1.54) is 6.07 Å². The van der Waals surface area contributed by atoms with Crippen molar-refractivity contribution in [2.45, 2.75) is 32.0 Å². The molecule has 112 valence electrons. The number of nitrogens with two attached hydrogens (primary N) is 1. The Bertz CT molecular complexity index is 594. The topological polar surface area (TPSA) is 38.9 Å². The van der Waals surface area contributed by atoms with Crippen LogP contribution in [-0.2, 0) is 12.6 Å². The van der Waals surface area contributed by atoms with E-state index in [4.69, 9.17) is 5.73 Å². The molecular weight excluding hydrogens is 277 g/mol. The zero-order valence-electron chi connectivity index (χ0n) is 11.7. The molecule has 0 aliphatic rings. The van der Waals surface area contributed by atoms with Crippen LogP contribution in [-0.4, -0.2) is 4.98 Å². The molecule has 1 aromatic carbocycles. The molecule has 0 amide bonds. The van der Waals surface area contributed by atoms with Gasteiger partial charge in [-0.15, -0.1) is 0 Å². The second-order valence-corrected chi connectivity index (χ2v) is 5.04. The number of rotatable bonds is 4. The minimum atomic E-state index is -4.32. The molecule has 0 spiro atoms.